The largest absolute Gasteiger partial charge is 0.469 e. The molecule has 1 amide bonds. The second-order valence-electron chi connectivity index (χ2n) is 6.15. The van der Waals surface area contributed by atoms with Gasteiger partial charge in [-0.3, -0.25) is 9.59 Å². The molecule has 0 bridgehead atoms. The summed E-state index contributed by atoms with van der Waals surface area (Å²) in [6, 6.07) is 7.28. The zero-order chi connectivity index (χ0) is 18.7. The van der Waals surface area contributed by atoms with Crippen molar-refractivity contribution in [1.82, 2.24) is 4.90 Å². The Balaban J connectivity index is 2.72. The van der Waals surface area contributed by atoms with Crippen LogP contribution in [0.15, 0.2) is 30.3 Å². The van der Waals surface area contributed by atoms with Gasteiger partial charge in [-0.05, 0) is 30.2 Å². The Morgan fingerprint density at radius 1 is 1.20 bits per heavy atom. The Morgan fingerprint density at radius 2 is 1.88 bits per heavy atom. The minimum atomic E-state index is -0.343. The number of esters is 1. The number of carbonyl (C=O) groups excluding carboxylic acids is 2. The van der Waals surface area contributed by atoms with Crippen molar-refractivity contribution < 1.29 is 14.3 Å². The maximum atomic E-state index is 12.6. The lowest BCUT2D eigenvalue weighted by atomic mass is 10.1. The van der Waals surface area contributed by atoms with Crippen LogP contribution >= 0.6 is 11.6 Å². The van der Waals surface area contributed by atoms with E-state index >= 15 is 0 Å². The lowest BCUT2D eigenvalue weighted by Crippen LogP contribution is -2.37. The molecular weight excluding hydrogens is 338 g/mol. The molecule has 0 aliphatic carbocycles. The minimum Gasteiger partial charge on any atom is -0.469 e. The van der Waals surface area contributed by atoms with Crippen LogP contribution in [0.25, 0.3) is 6.08 Å². The molecule has 0 aromatic heterocycles. The highest BCUT2D eigenvalue weighted by Crippen LogP contribution is 2.12. The molecule has 0 N–H and O–H groups in total. The average molecular weight is 366 g/mol. The first-order valence-corrected chi connectivity index (χ1v) is 9.16. The van der Waals surface area contributed by atoms with Crippen LogP contribution < -0.4 is 0 Å². The van der Waals surface area contributed by atoms with E-state index in [9.17, 15) is 9.59 Å². The second kappa shape index (κ2) is 11.7. The van der Waals surface area contributed by atoms with Crippen LogP contribution in [0.2, 0.25) is 5.02 Å². The average Bonchev–Trinajstić information content (AvgIpc) is 2.62. The molecule has 25 heavy (non-hydrogen) atoms. The van der Waals surface area contributed by atoms with Crippen molar-refractivity contribution in [2.75, 3.05) is 20.2 Å². The van der Waals surface area contributed by atoms with Crippen LogP contribution in [-0.2, 0) is 14.3 Å². The van der Waals surface area contributed by atoms with Crippen molar-refractivity contribution in [3.8, 4) is 0 Å². The van der Waals surface area contributed by atoms with E-state index < -0.39 is 0 Å². The van der Waals surface area contributed by atoms with E-state index in [1.54, 1.807) is 36.1 Å². The SMILES string of the molecule is CCCCCCN(CC(C)C(=O)OC)C(=O)/C=C/c1ccc(Cl)cc1. The Morgan fingerprint density at radius 3 is 2.48 bits per heavy atom. The number of ether oxygens (including phenoxy) is 1. The molecule has 0 saturated carbocycles. The number of hydrogen-bond donors (Lipinski definition) is 0. The number of benzene rings is 1. The molecule has 0 saturated heterocycles. The van der Waals surface area contributed by atoms with Crippen molar-refractivity contribution in [3.05, 3.63) is 40.9 Å². The van der Waals surface area contributed by atoms with Crippen LogP contribution in [0.5, 0.6) is 0 Å². The van der Waals surface area contributed by atoms with E-state index in [1.807, 2.05) is 12.1 Å². The molecule has 138 valence electrons. The Labute approximate surface area is 155 Å². The molecule has 1 atom stereocenters. The topological polar surface area (TPSA) is 46.6 Å². The highest BCUT2D eigenvalue weighted by Gasteiger charge is 2.20. The monoisotopic (exact) mass is 365 g/mol. The molecule has 4 nitrogen and oxygen atoms in total. The van der Waals surface area contributed by atoms with Crippen LogP contribution in [0, 0.1) is 5.92 Å². The van der Waals surface area contributed by atoms with Crippen molar-refractivity contribution in [2.45, 2.75) is 39.5 Å². The molecule has 0 aliphatic heterocycles. The molecule has 0 heterocycles. The van der Waals surface area contributed by atoms with E-state index in [0.29, 0.717) is 18.1 Å². The molecule has 1 unspecified atom stereocenters. The standard InChI is InChI=1S/C20H28ClNO3/c1-4-5-6-7-14-22(15-16(2)20(24)25-3)19(23)13-10-17-8-11-18(21)12-9-17/h8-13,16H,4-7,14-15H2,1-3H3/b13-10+. The van der Waals surface area contributed by atoms with Gasteiger partial charge in [0.1, 0.15) is 0 Å². The number of hydrogen-bond acceptors (Lipinski definition) is 3. The smallest absolute Gasteiger partial charge is 0.310 e. The molecular formula is C20H28ClNO3. The zero-order valence-corrected chi connectivity index (χ0v) is 16.1. The molecule has 0 fully saturated rings. The number of halogens is 1. The van der Waals surface area contributed by atoms with Gasteiger partial charge in [-0.1, -0.05) is 56.8 Å². The predicted octanol–water partition coefficient (Wildman–Crippen LogP) is 4.57. The Kier molecular flexibility index (Phi) is 9.93. The van der Waals surface area contributed by atoms with E-state index in [4.69, 9.17) is 16.3 Å². The van der Waals surface area contributed by atoms with Crippen LogP contribution in [0.3, 0.4) is 0 Å². The highest BCUT2D eigenvalue weighted by atomic mass is 35.5. The molecule has 0 radical (unpaired) electrons. The highest BCUT2D eigenvalue weighted by molar-refractivity contribution is 6.30. The summed E-state index contributed by atoms with van der Waals surface area (Å²) in [7, 11) is 1.37. The quantitative estimate of drug-likeness (QED) is 0.346. The maximum Gasteiger partial charge on any atom is 0.310 e. The molecule has 1 aromatic carbocycles. The zero-order valence-electron chi connectivity index (χ0n) is 15.3. The Hall–Kier alpha value is -1.81. The maximum absolute atomic E-state index is 12.6. The fraction of sp³-hybridized carbons (Fsp3) is 0.500. The van der Waals surface area contributed by atoms with E-state index in [0.717, 1.165) is 31.2 Å². The van der Waals surface area contributed by atoms with Gasteiger partial charge in [0.15, 0.2) is 0 Å². The van der Waals surface area contributed by atoms with Gasteiger partial charge in [0.25, 0.3) is 0 Å². The molecule has 1 rings (SSSR count). The Bertz CT molecular complexity index is 569. The van der Waals surface area contributed by atoms with Gasteiger partial charge in [-0.2, -0.15) is 0 Å². The van der Waals surface area contributed by atoms with E-state index in [-0.39, 0.29) is 17.8 Å². The fourth-order valence-electron chi connectivity index (χ4n) is 2.47. The molecule has 1 aromatic rings. The predicted molar refractivity (Wildman–Crippen MR) is 102 cm³/mol. The number of amides is 1. The van der Waals surface area contributed by atoms with Crippen molar-refractivity contribution in [2.24, 2.45) is 5.92 Å². The summed E-state index contributed by atoms with van der Waals surface area (Å²) in [5, 5.41) is 0.660. The third-order valence-corrected chi connectivity index (χ3v) is 4.23. The lowest BCUT2D eigenvalue weighted by Gasteiger charge is -2.24. The van der Waals surface area contributed by atoms with Gasteiger partial charge in [-0.25, -0.2) is 0 Å². The number of unbranched alkanes of at least 4 members (excludes halogenated alkanes) is 3. The number of nitrogens with zero attached hydrogens (tertiary/aromatic N) is 1. The van der Waals surface area contributed by atoms with Gasteiger partial charge in [0.2, 0.25) is 5.91 Å². The van der Waals surface area contributed by atoms with Crippen LogP contribution in [-0.4, -0.2) is 37.0 Å². The minimum absolute atomic E-state index is 0.0952. The third kappa shape index (κ3) is 8.21. The summed E-state index contributed by atoms with van der Waals surface area (Å²) < 4.78 is 4.77. The van der Waals surface area contributed by atoms with E-state index in [2.05, 4.69) is 6.92 Å². The number of rotatable bonds is 10. The van der Waals surface area contributed by atoms with E-state index in [1.165, 1.54) is 7.11 Å². The summed E-state index contributed by atoms with van der Waals surface area (Å²) in [6.07, 6.45) is 7.61. The van der Waals surface area contributed by atoms with Gasteiger partial charge < -0.3 is 9.64 Å². The summed E-state index contributed by atoms with van der Waals surface area (Å²) in [6.45, 7) is 4.94. The normalized spacial score (nSPS) is 12.2. The van der Waals surface area contributed by atoms with Gasteiger partial charge >= 0.3 is 5.97 Å². The number of carbonyl (C=O) groups is 2. The van der Waals surface area contributed by atoms with Crippen LogP contribution in [0.4, 0.5) is 0 Å². The fourth-order valence-corrected chi connectivity index (χ4v) is 2.60. The summed E-state index contributed by atoms with van der Waals surface area (Å²) >= 11 is 5.87. The van der Waals surface area contributed by atoms with Crippen molar-refractivity contribution in [1.29, 1.82) is 0 Å². The summed E-state index contributed by atoms with van der Waals surface area (Å²) in [5.41, 5.74) is 0.907. The summed E-state index contributed by atoms with van der Waals surface area (Å²) in [4.78, 5) is 25.9. The first-order valence-electron chi connectivity index (χ1n) is 8.78. The first kappa shape index (κ1) is 21.2. The van der Waals surface area contributed by atoms with Crippen molar-refractivity contribution in [3.63, 3.8) is 0 Å². The number of methoxy groups -OCH3 is 1. The lowest BCUT2D eigenvalue weighted by molar-refractivity contribution is -0.146. The molecule has 0 aliphatic rings. The molecule has 0 spiro atoms. The summed E-state index contributed by atoms with van der Waals surface area (Å²) in [5.74, 6) is -0.737. The second-order valence-corrected chi connectivity index (χ2v) is 6.59. The first-order chi connectivity index (χ1) is 12.0. The van der Waals surface area contributed by atoms with Gasteiger partial charge in [0, 0.05) is 24.2 Å². The van der Waals surface area contributed by atoms with Gasteiger partial charge in [-0.15, -0.1) is 0 Å². The molecule has 5 heteroatoms. The van der Waals surface area contributed by atoms with Gasteiger partial charge in [0.05, 0.1) is 13.0 Å². The third-order valence-electron chi connectivity index (χ3n) is 3.98. The van der Waals surface area contributed by atoms with Crippen LogP contribution in [0.1, 0.15) is 45.1 Å². The van der Waals surface area contributed by atoms with Crippen molar-refractivity contribution >= 4 is 29.6 Å².